The van der Waals surface area contributed by atoms with Crippen molar-refractivity contribution in [3.05, 3.63) is 81.0 Å². The molecule has 0 aromatic heterocycles. The van der Waals surface area contributed by atoms with Gasteiger partial charge in [0.2, 0.25) is 0 Å². The van der Waals surface area contributed by atoms with E-state index in [9.17, 15) is 14.4 Å². The number of carbonyl (C=O) groups excluding carboxylic acids is 1. The van der Waals surface area contributed by atoms with Gasteiger partial charge >= 0.3 is 11.7 Å². The molecule has 0 saturated carbocycles. The summed E-state index contributed by atoms with van der Waals surface area (Å²) in [7, 11) is 0. The molecule has 0 aliphatic carbocycles. The first-order chi connectivity index (χ1) is 13.1. The lowest BCUT2D eigenvalue weighted by Gasteiger charge is -2.17. The normalized spacial score (nSPS) is 11.0. The third-order valence-corrected chi connectivity index (χ3v) is 4.24. The number of carbonyl (C=O) groups is 1. The quantitative estimate of drug-likeness (QED) is 0.446. The third-order valence-electron chi connectivity index (χ3n) is 4.24. The second-order valence-electron chi connectivity index (χ2n) is 5.91. The van der Waals surface area contributed by atoms with E-state index in [0.29, 0.717) is 23.4 Å². The van der Waals surface area contributed by atoms with E-state index in [-0.39, 0.29) is 5.82 Å². The zero-order valence-electron chi connectivity index (χ0n) is 14.4. The molecule has 0 unspecified atom stereocenters. The van der Waals surface area contributed by atoms with Crippen LogP contribution in [-0.2, 0) is 4.74 Å². The number of pyridine rings is 1. The Morgan fingerprint density at radius 1 is 1.11 bits per heavy atom. The number of hydrogen-bond donors (Lipinski definition) is 1. The van der Waals surface area contributed by atoms with E-state index >= 15 is 0 Å². The van der Waals surface area contributed by atoms with Gasteiger partial charge in [0.05, 0.1) is 23.3 Å². The summed E-state index contributed by atoms with van der Waals surface area (Å²) in [4.78, 5) is 42.2. The highest BCUT2D eigenvalue weighted by atomic mass is 16.5. The molecular weight excluding hydrogens is 346 g/mol. The molecule has 0 radical (unpaired) electrons. The number of rotatable bonds is 3. The first-order valence-electron chi connectivity index (χ1n) is 8.41. The minimum atomic E-state index is -0.709. The summed E-state index contributed by atoms with van der Waals surface area (Å²) in [6.07, 6.45) is 0. The van der Waals surface area contributed by atoms with Crippen LogP contribution < -0.4 is 11.2 Å². The van der Waals surface area contributed by atoms with Gasteiger partial charge in [-0.3, -0.25) is 14.3 Å². The van der Waals surface area contributed by atoms with E-state index in [2.05, 4.69) is 9.97 Å². The highest BCUT2D eigenvalue weighted by molar-refractivity contribution is 5.90. The second-order valence-corrected chi connectivity index (χ2v) is 5.91. The van der Waals surface area contributed by atoms with Crippen molar-refractivity contribution >= 4 is 16.9 Å². The Labute approximate surface area is 153 Å². The Balaban J connectivity index is 2.00. The summed E-state index contributed by atoms with van der Waals surface area (Å²) >= 11 is 0. The average Bonchev–Trinajstić information content (AvgIpc) is 2.67. The standard InChI is InChI=1S/C20H15N3O4/c1-2-27-19(25)12-7-9-14(10-8-12)23-16-6-4-3-5-13(16)11-15-17(23)21-20(26)22-18(15)24/h3-11H,2H2,1H3,(H,22,24,26). The maximum Gasteiger partial charge on any atom is 0.349 e. The van der Waals surface area contributed by atoms with E-state index in [1.165, 1.54) is 0 Å². The summed E-state index contributed by atoms with van der Waals surface area (Å²) in [5.74, 6) is -0.153. The van der Waals surface area contributed by atoms with E-state index in [1.807, 2.05) is 24.3 Å². The summed E-state index contributed by atoms with van der Waals surface area (Å²) in [5.41, 5.74) is 0.977. The molecule has 2 heterocycles. The Morgan fingerprint density at radius 2 is 1.85 bits per heavy atom. The molecule has 2 aromatic carbocycles. The fourth-order valence-corrected chi connectivity index (χ4v) is 3.06. The topological polar surface area (TPSA) is 94.1 Å². The average molecular weight is 361 g/mol. The number of nitrogens with one attached hydrogen (secondary N) is 1. The first kappa shape index (κ1) is 16.7. The minimum absolute atomic E-state index is 0.256. The van der Waals surface area contributed by atoms with E-state index in [4.69, 9.17) is 4.74 Å². The van der Waals surface area contributed by atoms with Gasteiger partial charge in [-0.2, -0.15) is 4.98 Å². The predicted molar refractivity (Wildman–Crippen MR) is 101 cm³/mol. The molecule has 0 amide bonds. The number of benzene rings is 2. The molecule has 0 saturated heterocycles. The van der Waals surface area contributed by atoms with Crippen LogP contribution in [0.25, 0.3) is 28.0 Å². The lowest BCUT2D eigenvalue weighted by atomic mass is 10.1. The second kappa shape index (κ2) is 6.53. The Hall–Kier alpha value is -3.74. The monoisotopic (exact) mass is 361 g/mol. The van der Waals surface area contributed by atoms with Crippen LogP contribution in [0.15, 0.2) is 64.2 Å². The molecular formula is C20H15N3O4. The van der Waals surface area contributed by atoms with Crippen LogP contribution in [-0.4, -0.2) is 27.1 Å². The van der Waals surface area contributed by atoms with Gasteiger partial charge in [-0.15, -0.1) is 0 Å². The SMILES string of the molecule is CCOC(=O)c1ccc(-n2c3nc(=O)[nH]c(=O)c-3cc3ccccc32)cc1. The molecule has 2 aromatic rings. The molecule has 0 spiro atoms. The van der Waals surface area contributed by atoms with Crippen molar-refractivity contribution in [2.45, 2.75) is 6.92 Å². The smallest absolute Gasteiger partial charge is 0.349 e. The van der Waals surface area contributed by atoms with Crippen LogP contribution >= 0.6 is 0 Å². The molecule has 0 atom stereocenters. The summed E-state index contributed by atoms with van der Waals surface area (Å²) < 4.78 is 6.73. The number of nitrogens with zero attached hydrogens (tertiary/aromatic N) is 2. The largest absolute Gasteiger partial charge is 0.462 e. The van der Waals surface area contributed by atoms with Crippen LogP contribution in [0.3, 0.4) is 0 Å². The van der Waals surface area contributed by atoms with Crippen molar-refractivity contribution in [1.29, 1.82) is 0 Å². The number of para-hydroxylation sites is 1. The zero-order chi connectivity index (χ0) is 19.0. The molecule has 134 valence electrons. The van der Waals surface area contributed by atoms with Crippen molar-refractivity contribution in [1.82, 2.24) is 14.5 Å². The van der Waals surface area contributed by atoms with Crippen LogP contribution in [0.2, 0.25) is 0 Å². The van der Waals surface area contributed by atoms with Gasteiger partial charge in [0, 0.05) is 5.69 Å². The third kappa shape index (κ3) is 2.89. The molecule has 7 heteroatoms. The highest BCUT2D eigenvalue weighted by Crippen LogP contribution is 2.27. The van der Waals surface area contributed by atoms with Crippen molar-refractivity contribution in [2.24, 2.45) is 0 Å². The maximum atomic E-state index is 12.3. The number of hydrogen-bond acceptors (Lipinski definition) is 5. The Morgan fingerprint density at radius 3 is 2.59 bits per heavy atom. The van der Waals surface area contributed by atoms with Crippen molar-refractivity contribution in [3.8, 4) is 17.1 Å². The number of H-pyrrole nitrogens is 1. The highest BCUT2D eigenvalue weighted by Gasteiger charge is 2.18. The van der Waals surface area contributed by atoms with Crippen LogP contribution in [0.1, 0.15) is 17.3 Å². The summed E-state index contributed by atoms with van der Waals surface area (Å²) in [5, 5.41) is 0.824. The van der Waals surface area contributed by atoms with Crippen molar-refractivity contribution in [2.75, 3.05) is 6.61 Å². The van der Waals surface area contributed by atoms with Gasteiger partial charge in [0.25, 0.3) is 5.56 Å². The maximum absolute atomic E-state index is 12.3. The lowest BCUT2D eigenvalue weighted by molar-refractivity contribution is 0.0526. The van der Waals surface area contributed by atoms with Crippen LogP contribution in [0.4, 0.5) is 0 Å². The summed E-state index contributed by atoms with van der Waals surface area (Å²) in [6.45, 7) is 2.04. The van der Waals surface area contributed by atoms with Crippen LogP contribution in [0, 0.1) is 0 Å². The molecule has 7 nitrogen and oxygen atoms in total. The molecule has 1 N–H and O–H groups in total. The molecule has 27 heavy (non-hydrogen) atoms. The van der Waals surface area contributed by atoms with Gasteiger partial charge in [-0.1, -0.05) is 18.2 Å². The van der Waals surface area contributed by atoms with E-state index < -0.39 is 17.2 Å². The van der Waals surface area contributed by atoms with Gasteiger partial charge in [-0.25, -0.2) is 9.59 Å². The number of ether oxygens (including phenoxy) is 1. The number of aromatic amines is 1. The van der Waals surface area contributed by atoms with Crippen molar-refractivity contribution in [3.63, 3.8) is 0 Å². The number of fused-ring (bicyclic) bond motifs is 2. The van der Waals surface area contributed by atoms with Crippen LogP contribution in [0.5, 0.6) is 0 Å². The number of esters is 1. The zero-order valence-corrected chi connectivity index (χ0v) is 14.4. The van der Waals surface area contributed by atoms with E-state index in [0.717, 1.165) is 10.9 Å². The summed E-state index contributed by atoms with van der Waals surface area (Å²) in [6, 6.07) is 15.9. The molecule has 2 aliphatic heterocycles. The lowest BCUT2D eigenvalue weighted by Crippen LogP contribution is -2.27. The predicted octanol–water partition coefficient (Wildman–Crippen LogP) is 2.36. The Kier molecular flexibility index (Phi) is 4.04. The van der Waals surface area contributed by atoms with E-state index in [1.54, 1.807) is 41.8 Å². The molecule has 0 bridgehead atoms. The Bertz CT molecular complexity index is 1240. The molecule has 2 aliphatic rings. The van der Waals surface area contributed by atoms with Gasteiger partial charge in [0.1, 0.15) is 0 Å². The fraction of sp³-hybridized carbons (Fsp3) is 0.100. The fourth-order valence-electron chi connectivity index (χ4n) is 3.06. The minimum Gasteiger partial charge on any atom is -0.462 e. The van der Waals surface area contributed by atoms with Gasteiger partial charge in [0.15, 0.2) is 5.82 Å². The van der Waals surface area contributed by atoms with Gasteiger partial charge in [-0.05, 0) is 48.7 Å². The first-order valence-corrected chi connectivity index (χ1v) is 8.41. The molecule has 4 rings (SSSR count). The van der Waals surface area contributed by atoms with Crippen molar-refractivity contribution < 1.29 is 9.53 Å². The molecule has 0 fully saturated rings. The van der Waals surface area contributed by atoms with Gasteiger partial charge < -0.3 is 4.74 Å². The number of aromatic nitrogens is 3.